The second-order valence-corrected chi connectivity index (χ2v) is 5.26. The molecule has 0 radical (unpaired) electrons. The van der Waals surface area contributed by atoms with Gasteiger partial charge in [-0.15, -0.1) is 0 Å². The lowest BCUT2D eigenvalue weighted by Crippen LogP contribution is -2.20. The summed E-state index contributed by atoms with van der Waals surface area (Å²) in [5, 5.41) is 19.4. The second-order valence-electron chi connectivity index (χ2n) is 5.26. The first kappa shape index (κ1) is 14.3. The molecule has 0 bridgehead atoms. The van der Waals surface area contributed by atoms with Gasteiger partial charge in [0.15, 0.2) is 0 Å². The van der Waals surface area contributed by atoms with Crippen molar-refractivity contribution < 1.29 is 14.8 Å². The van der Waals surface area contributed by atoms with Crippen molar-refractivity contribution in [1.29, 1.82) is 0 Å². The number of anilines is 1. The molecule has 0 amide bonds. The fraction of sp³-hybridized carbons (Fsp3) is 0.500. The highest BCUT2D eigenvalue weighted by Crippen LogP contribution is 2.30. The van der Waals surface area contributed by atoms with Gasteiger partial charge in [-0.25, -0.2) is 0 Å². The van der Waals surface area contributed by atoms with Crippen LogP contribution in [0.1, 0.15) is 24.8 Å². The highest BCUT2D eigenvalue weighted by molar-refractivity contribution is 5.66. The average molecular weight is 278 g/mol. The second kappa shape index (κ2) is 5.90. The van der Waals surface area contributed by atoms with E-state index in [-0.39, 0.29) is 12.1 Å². The van der Waals surface area contributed by atoms with Crippen LogP contribution in [0.3, 0.4) is 0 Å². The Kier molecular flexibility index (Phi) is 4.22. The molecule has 20 heavy (non-hydrogen) atoms. The number of benzene rings is 1. The average Bonchev–Trinajstić information content (AvgIpc) is 2.84. The molecule has 1 atom stereocenters. The molecule has 0 saturated carbocycles. The minimum Gasteiger partial charge on any atom is -0.481 e. The van der Waals surface area contributed by atoms with Crippen LogP contribution in [0.5, 0.6) is 0 Å². The van der Waals surface area contributed by atoms with E-state index >= 15 is 0 Å². The van der Waals surface area contributed by atoms with Gasteiger partial charge in [0, 0.05) is 37.3 Å². The summed E-state index contributed by atoms with van der Waals surface area (Å²) in [6.45, 7) is 3.57. The van der Waals surface area contributed by atoms with E-state index < -0.39 is 10.9 Å². The van der Waals surface area contributed by atoms with Crippen LogP contribution in [0, 0.1) is 23.0 Å². The third kappa shape index (κ3) is 3.26. The van der Waals surface area contributed by atoms with Crippen LogP contribution in [-0.2, 0) is 4.79 Å². The van der Waals surface area contributed by atoms with Crippen molar-refractivity contribution in [3.63, 3.8) is 0 Å². The highest BCUT2D eigenvalue weighted by atomic mass is 16.6. The SMILES string of the molecule is Cc1cc([N+](=O)[O-])ccc1N1CCC(CCC(=O)O)C1. The van der Waals surface area contributed by atoms with Crippen LogP contribution in [0.2, 0.25) is 0 Å². The molecule has 1 aromatic carbocycles. The van der Waals surface area contributed by atoms with E-state index in [4.69, 9.17) is 5.11 Å². The summed E-state index contributed by atoms with van der Waals surface area (Å²) in [7, 11) is 0. The lowest BCUT2D eigenvalue weighted by Gasteiger charge is -2.20. The maximum atomic E-state index is 10.7. The van der Waals surface area contributed by atoms with Crippen molar-refractivity contribution in [3.8, 4) is 0 Å². The first-order chi connectivity index (χ1) is 9.47. The van der Waals surface area contributed by atoms with Gasteiger partial charge in [0.1, 0.15) is 0 Å². The Morgan fingerprint density at radius 2 is 2.30 bits per heavy atom. The van der Waals surface area contributed by atoms with Gasteiger partial charge >= 0.3 is 5.97 Å². The summed E-state index contributed by atoms with van der Waals surface area (Å²) < 4.78 is 0. The number of rotatable bonds is 5. The van der Waals surface area contributed by atoms with Gasteiger partial charge in [-0.3, -0.25) is 14.9 Å². The van der Waals surface area contributed by atoms with E-state index in [1.807, 2.05) is 6.92 Å². The molecular formula is C14H18N2O4. The predicted octanol–water partition coefficient (Wildman–Crippen LogP) is 2.59. The third-order valence-electron chi connectivity index (χ3n) is 3.78. The van der Waals surface area contributed by atoms with Crippen molar-refractivity contribution in [2.24, 2.45) is 5.92 Å². The number of non-ortho nitro benzene ring substituents is 1. The Labute approximate surface area is 117 Å². The summed E-state index contributed by atoms with van der Waals surface area (Å²) >= 11 is 0. The van der Waals surface area contributed by atoms with Crippen molar-refractivity contribution >= 4 is 17.3 Å². The fourth-order valence-corrected chi connectivity index (χ4v) is 2.72. The normalized spacial score (nSPS) is 18.2. The van der Waals surface area contributed by atoms with E-state index in [0.29, 0.717) is 12.3 Å². The monoisotopic (exact) mass is 278 g/mol. The number of nitro benzene ring substituents is 1. The number of aliphatic carboxylic acids is 1. The Balaban J connectivity index is 2.03. The third-order valence-corrected chi connectivity index (χ3v) is 3.78. The van der Waals surface area contributed by atoms with Crippen molar-refractivity contribution in [2.45, 2.75) is 26.2 Å². The summed E-state index contributed by atoms with van der Waals surface area (Å²) in [5.41, 5.74) is 2.00. The van der Waals surface area contributed by atoms with Gasteiger partial charge in [0.05, 0.1) is 4.92 Å². The number of carbonyl (C=O) groups is 1. The standard InChI is InChI=1S/C14H18N2O4/c1-10-8-12(16(19)20)3-4-13(10)15-7-6-11(9-15)2-5-14(17)18/h3-4,8,11H,2,5-7,9H2,1H3,(H,17,18). The number of nitro groups is 1. The summed E-state index contributed by atoms with van der Waals surface area (Å²) in [5.74, 6) is -0.365. The maximum Gasteiger partial charge on any atom is 0.303 e. The number of carboxylic acid groups (broad SMARTS) is 1. The molecule has 6 nitrogen and oxygen atoms in total. The molecule has 1 aliphatic heterocycles. The molecule has 1 aliphatic rings. The van der Waals surface area contributed by atoms with Crippen molar-refractivity contribution in [3.05, 3.63) is 33.9 Å². The molecule has 1 fully saturated rings. The number of aryl methyl sites for hydroxylation is 1. The highest BCUT2D eigenvalue weighted by Gasteiger charge is 2.24. The molecular weight excluding hydrogens is 260 g/mol. The largest absolute Gasteiger partial charge is 0.481 e. The van der Waals surface area contributed by atoms with Crippen LogP contribution >= 0.6 is 0 Å². The summed E-state index contributed by atoms with van der Waals surface area (Å²) in [6, 6.07) is 4.89. The lowest BCUT2D eigenvalue weighted by molar-refractivity contribution is -0.384. The predicted molar refractivity (Wildman–Crippen MR) is 75.0 cm³/mol. The molecule has 0 spiro atoms. The molecule has 1 aromatic rings. The zero-order valence-electron chi connectivity index (χ0n) is 11.4. The van der Waals surface area contributed by atoms with Gasteiger partial charge in [-0.05, 0) is 37.3 Å². The topological polar surface area (TPSA) is 83.7 Å². The van der Waals surface area contributed by atoms with E-state index in [0.717, 1.165) is 30.8 Å². The van der Waals surface area contributed by atoms with E-state index in [9.17, 15) is 14.9 Å². The molecule has 1 N–H and O–H groups in total. The molecule has 0 aromatic heterocycles. The quantitative estimate of drug-likeness (QED) is 0.661. The molecule has 108 valence electrons. The van der Waals surface area contributed by atoms with Gasteiger partial charge in [0.2, 0.25) is 0 Å². The van der Waals surface area contributed by atoms with Crippen molar-refractivity contribution in [1.82, 2.24) is 0 Å². The number of nitrogens with zero attached hydrogens (tertiary/aromatic N) is 2. The zero-order valence-corrected chi connectivity index (χ0v) is 11.4. The van der Waals surface area contributed by atoms with Gasteiger partial charge in [-0.2, -0.15) is 0 Å². The molecule has 1 heterocycles. The molecule has 6 heteroatoms. The van der Waals surface area contributed by atoms with Crippen LogP contribution in [-0.4, -0.2) is 29.1 Å². The minimum absolute atomic E-state index is 0.105. The molecule has 1 unspecified atom stereocenters. The van der Waals surface area contributed by atoms with E-state index in [2.05, 4.69) is 4.90 Å². The lowest BCUT2D eigenvalue weighted by atomic mass is 10.0. The number of hydrogen-bond acceptors (Lipinski definition) is 4. The van der Waals surface area contributed by atoms with E-state index in [1.54, 1.807) is 12.1 Å². The van der Waals surface area contributed by atoms with Gasteiger partial charge < -0.3 is 10.0 Å². The van der Waals surface area contributed by atoms with Crippen LogP contribution in [0.15, 0.2) is 18.2 Å². The van der Waals surface area contributed by atoms with Crippen LogP contribution in [0.25, 0.3) is 0 Å². The molecule has 1 saturated heterocycles. The molecule has 0 aliphatic carbocycles. The Morgan fingerprint density at radius 3 is 2.90 bits per heavy atom. The minimum atomic E-state index is -0.755. The summed E-state index contributed by atoms with van der Waals surface area (Å²) in [6.07, 6.45) is 1.87. The maximum absolute atomic E-state index is 10.7. The van der Waals surface area contributed by atoms with E-state index in [1.165, 1.54) is 6.07 Å². The first-order valence-electron chi connectivity index (χ1n) is 6.69. The molecule has 2 rings (SSSR count). The Morgan fingerprint density at radius 1 is 1.55 bits per heavy atom. The van der Waals surface area contributed by atoms with Crippen molar-refractivity contribution in [2.75, 3.05) is 18.0 Å². The summed E-state index contributed by atoms with van der Waals surface area (Å²) in [4.78, 5) is 23.1. The van der Waals surface area contributed by atoms with Gasteiger partial charge in [-0.1, -0.05) is 0 Å². The Bertz CT molecular complexity index is 530. The van der Waals surface area contributed by atoms with Crippen LogP contribution in [0.4, 0.5) is 11.4 Å². The van der Waals surface area contributed by atoms with Gasteiger partial charge in [0.25, 0.3) is 5.69 Å². The fourth-order valence-electron chi connectivity index (χ4n) is 2.72. The number of hydrogen-bond donors (Lipinski definition) is 1. The Hall–Kier alpha value is -2.11. The van der Waals surface area contributed by atoms with Crippen LogP contribution < -0.4 is 4.90 Å². The zero-order chi connectivity index (χ0) is 14.7. The number of carboxylic acids is 1. The first-order valence-corrected chi connectivity index (χ1v) is 6.69. The smallest absolute Gasteiger partial charge is 0.303 e.